The van der Waals surface area contributed by atoms with Crippen molar-refractivity contribution in [1.29, 1.82) is 0 Å². The van der Waals surface area contributed by atoms with E-state index >= 15 is 0 Å². The smallest absolute Gasteiger partial charge is 0.162 e. The summed E-state index contributed by atoms with van der Waals surface area (Å²) in [6, 6.07) is 0.647. The molecule has 0 aromatic heterocycles. The summed E-state index contributed by atoms with van der Waals surface area (Å²) in [5, 5.41) is 0.372. The summed E-state index contributed by atoms with van der Waals surface area (Å²) in [6.07, 6.45) is 5.41. The van der Waals surface area contributed by atoms with E-state index in [9.17, 15) is 4.79 Å². The van der Waals surface area contributed by atoms with Gasteiger partial charge in [-0.1, -0.05) is 6.92 Å². The predicted molar refractivity (Wildman–Crippen MR) is 73.6 cm³/mol. The molecule has 0 N–H and O–H groups in total. The first kappa shape index (κ1) is 12.5. The summed E-state index contributed by atoms with van der Waals surface area (Å²) in [5.74, 6) is 1.62. The first-order valence-electron chi connectivity index (χ1n) is 7.22. The van der Waals surface area contributed by atoms with Crippen molar-refractivity contribution in [3.8, 4) is 0 Å². The van der Waals surface area contributed by atoms with Crippen LogP contribution in [0.2, 0.25) is 0 Å². The van der Waals surface area contributed by atoms with Crippen molar-refractivity contribution in [2.24, 2.45) is 11.8 Å². The Hall–Kier alpha value is -0.500. The maximum atomic E-state index is 11.9. The fourth-order valence-electron chi connectivity index (χ4n) is 4.31. The van der Waals surface area contributed by atoms with Crippen LogP contribution in [0.3, 0.4) is 0 Å². The average Bonchev–Trinajstić information content (AvgIpc) is 2.32. The van der Waals surface area contributed by atoms with Gasteiger partial charge in [0.2, 0.25) is 0 Å². The van der Waals surface area contributed by atoms with E-state index in [0.29, 0.717) is 29.5 Å². The number of hydrogen-bond acceptors (Lipinski definition) is 2. The zero-order valence-corrected chi connectivity index (χ0v) is 12.0. The Morgan fingerprint density at radius 3 is 2.83 bits per heavy atom. The maximum Gasteiger partial charge on any atom is 0.162 e. The van der Waals surface area contributed by atoms with E-state index in [-0.39, 0.29) is 0 Å². The molecule has 1 saturated heterocycles. The lowest BCUT2D eigenvalue weighted by Crippen LogP contribution is -2.52. The van der Waals surface area contributed by atoms with Gasteiger partial charge in [0.1, 0.15) is 0 Å². The molecule has 2 nitrogen and oxygen atoms in total. The second-order valence-corrected chi connectivity index (χ2v) is 6.87. The first-order chi connectivity index (χ1) is 8.58. The number of allylic oxidation sites excluding steroid dienone is 2. The largest absolute Gasteiger partial charge is 0.371 e. The number of carbonyl (C=O) groups excluding carboxylic acids is 1. The van der Waals surface area contributed by atoms with Gasteiger partial charge in [0, 0.05) is 35.7 Å². The third-order valence-electron chi connectivity index (χ3n) is 5.09. The lowest BCUT2D eigenvalue weighted by Gasteiger charge is -2.52. The van der Waals surface area contributed by atoms with Gasteiger partial charge in [0.15, 0.2) is 5.78 Å². The number of fused-ring (bicyclic) bond motifs is 3. The SMILES string of the molecule is CC1=C2C(C)CC3CC(Cl)CCC3N2CCC1=O. The molecule has 100 valence electrons. The second kappa shape index (κ2) is 4.56. The number of piperidine rings is 1. The molecule has 3 aliphatic rings. The number of carbonyl (C=O) groups is 1. The minimum Gasteiger partial charge on any atom is -0.371 e. The lowest BCUT2D eigenvalue weighted by molar-refractivity contribution is -0.117. The molecular formula is C15H22ClNO. The van der Waals surface area contributed by atoms with Crippen LogP contribution >= 0.6 is 11.6 Å². The summed E-state index contributed by atoms with van der Waals surface area (Å²) in [6.45, 7) is 5.23. The van der Waals surface area contributed by atoms with Gasteiger partial charge in [0.05, 0.1) is 0 Å². The van der Waals surface area contributed by atoms with Crippen molar-refractivity contribution in [2.75, 3.05) is 6.54 Å². The van der Waals surface area contributed by atoms with Crippen LogP contribution in [0.4, 0.5) is 0 Å². The number of hydrogen-bond donors (Lipinski definition) is 0. The van der Waals surface area contributed by atoms with E-state index in [1.165, 1.54) is 18.5 Å². The van der Waals surface area contributed by atoms with Gasteiger partial charge >= 0.3 is 0 Å². The molecule has 4 atom stereocenters. The molecule has 0 amide bonds. The van der Waals surface area contributed by atoms with Gasteiger partial charge in [0.25, 0.3) is 0 Å². The number of nitrogens with zero attached hydrogens (tertiary/aromatic N) is 1. The molecule has 4 unspecified atom stereocenters. The van der Waals surface area contributed by atoms with Crippen LogP contribution in [0.1, 0.15) is 46.0 Å². The average molecular weight is 268 g/mol. The zero-order valence-electron chi connectivity index (χ0n) is 11.3. The third kappa shape index (κ3) is 1.89. The summed E-state index contributed by atoms with van der Waals surface area (Å²) in [5.41, 5.74) is 2.38. The van der Waals surface area contributed by atoms with E-state index in [2.05, 4.69) is 11.8 Å². The number of alkyl halides is 1. The van der Waals surface area contributed by atoms with Gasteiger partial charge in [-0.25, -0.2) is 0 Å². The molecule has 2 fully saturated rings. The second-order valence-electron chi connectivity index (χ2n) is 6.25. The first-order valence-corrected chi connectivity index (χ1v) is 7.66. The van der Waals surface area contributed by atoms with Crippen LogP contribution in [0, 0.1) is 11.8 Å². The van der Waals surface area contributed by atoms with Gasteiger partial charge in [-0.2, -0.15) is 0 Å². The molecule has 18 heavy (non-hydrogen) atoms. The highest BCUT2D eigenvalue weighted by Crippen LogP contribution is 2.45. The van der Waals surface area contributed by atoms with Crippen molar-refractivity contribution >= 4 is 17.4 Å². The van der Waals surface area contributed by atoms with Crippen molar-refractivity contribution in [2.45, 2.75) is 57.4 Å². The topological polar surface area (TPSA) is 20.3 Å². The Bertz CT molecular complexity index is 403. The Balaban J connectivity index is 1.93. The number of ketones is 1. The van der Waals surface area contributed by atoms with Crippen molar-refractivity contribution < 1.29 is 4.79 Å². The van der Waals surface area contributed by atoms with Crippen LogP contribution < -0.4 is 0 Å². The minimum atomic E-state index is 0.359. The summed E-state index contributed by atoms with van der Waals surface area (Å²) >= 11 is 6.33. The van der Waals surface area contributed by atoms with Crippen LogP contribution in [0.25, 0.3) is 0 Å². The van der Waals surface area contributed by atoms with Gasteiger partial charge in [-0.3, -0.25) is 4.79 Å². The Labute approximate surface area is 114 Å². The van der Waals surface area contributed by atoms with Gasteiger partial charge in [-0.15, -0.1) is 11.6 Å². The molecule has 0 spiro atoms. The minimum absolute atomic E-state index is 0.359. The van der Waals surface area contributed by atoms with Crippen LogP contribution in [-0.2, 0) is 4.79 Å². The maximum absolute atomic E-state index is 11.9. The number of halogens is 1. The molecular weight excluding hydrogens is 246 g/mol. The normalized spacial score (nSPS) is 40.6. The van der Waals surface area contributed by atoms with Crippen LogP contribution in [0.15, 0.2) is 11.3 Å². The quantitative estimate of drug-likeness (QED) is 0.628. The Kier molecular flexibility index (Phi) is 3.17. The van der Waals surface area contributed by atoms with Crippen molar-refractivity contribution in [3.05, 3.63) is 11.3 Å². The number of Topliss-reactive ketones (excluding diaryl/α,β-unsaturated/α-hetero) is 1. The summed E-state index contributed by atoms with van der Waals surface area (Å²) < 4.78 is 0. The van der Waals surface area contributed by atoms with Gasteiger partial charge < -0.3 is 4.90 Å². The highest BCUT2D eigenvalue weighted by Gasteiger charge is 2.43. The van der Waals surface area contributed by atoms with E-state index in [0.717, 1.165) is 30.9 Å². The van der Waals surface area contributed by atoms with E-state index < -0.39 is 0 Å². The molecule has 1 saturated carbocycles. The van der Waals surface area contributed by atoms with E-state index in [1.807, 2.05) is 6.92 Å². The fraction of sp³-hybridized carbons (Fsp3) is 0.800. The molecule has 1 aliphatic carbocycles. The summed E-state index contributed by atoms with van der Waals surface area (Å²) in [7, 11) is 0. The number of rotatable bonds is 0. The molecule has 0 aromatic rings. The molecule has 2 aliphatic heterocycles. The molecule has 0 radical (unpaired) electrons. The summed E-state index contributed by atoms with van der Waals surface area (Å²) in [4.78, 5) is 14.5. The third-order valence-corrected chi connectivity index (χ3v) is 5.49. The van der Waals surface area contributed by atoms with E-state index in [4.69, 9.17) is 11.6 Å². The van der Waals surface area contributed by atoms with Crippen molar-refractivity contribution in [1.82, 2.24) is 4.90 Å². The predicted octanol–water partition coefficient (Wildman–Crippen LogP) is 3.35. The molecule has 0 aromatic carbocycles. The Morgan fingerprint density at radius 1 is 1.28 bits per heavy atom. The molecule has 0 bridgehead atoms. The molecule has 3 heteroatoms. The highest BCUT2D eigenvalue weighted by atomic mass is 35.5. The standard InChI is InChI=1S/C15H22ClNO/c1-9-7-11-8-12(16)3-4-13(11)17-6-5-14(18)10(2)15(9)17/h9,11-13H,3-8H2,1-2H3. The lowest BCUT2D eigenvalue weighted by atomic mass is 9.72. The monoisotopic (exact) mass is 267 g/mol. The molecule has 2 heterocycles. The highest BCUT2D eigenvalue weighted by molar-refractivity contribution is 6.20. The molecule has 3 rings (SSSR count). The van der Waals surface area contributed by atoms with Crippen LogP contribution in [-0.4, -0.2) is 28.6 Å². The zero-order chi connectivity index (χ0) is 12.9. The fourth-order valence-corrected chi connectivity index (χ4v) is 4.66. The van der Waals surface area contributed by atoms with E-state index in [1.54, 1.807) is 0 Å². The van der Waals surface area contributed by atoms with Crippen LogP contribution in [0.5, 0.6) is 0 Å². The van der Waals surface area contributed by atoms with Gasteiger partial charge in [-0.05, 0) is 44.4 Å². The Morgan fingerprint density at radius 2 is 2.06 bits per heavy atom. The van der Waals surface area contributed by atoms with Crippen molar-refractivity contribution in [3.63, 3.8) is 0 Å².